The van der Waals surface area contributed by atoms with E-state index in [0.717, 1.165) is 0 Å². The van der Waals surface area contributed by atoms with Gasteiger partial charge < -0.3 is 0 Å². The summed E-state index contributed by atoms with van der Waals surface area (Å²) in [4.78, 5) is 0. The van der Waals surface area contributed by atoms with Crippen LogP contribution in [0.1, 0.15) is 5.56 Å². The maximum Gasteiger partial charge on any atom is 0.0211 e. The molecular formula is C19H16BrP. The fourth-order valence-corrected chi connectivity index (χ4v) is 5.19. The van der Waals surface area contributed by atoms with E-state index in [2.05, 4.69) is 102 Å². The maximum absolute atomic E-state index is 3.67. The van der Waals surface area contributed by atoms with E-state index < -0.39 is 7.92 Å². The van der Waals surface area contributed by atoms with Gasteiger partial charge in [0.25, 0.3) is 0 Å². The first-order chi connectivity index (χ1) is 10.3. The van der Waals surface area contributed by atoms with Crippen molar-refractivity contribution in [3.8, 4) is 0 Å². The summed E-state index contributed by atoms with van der Waals surface area (Å²) in [7, 11) is -0.505. The summed E-state index contributed by atoms with van der Waals surface area (Å²) < 4.78 is 1.18. The molecule has 0 amide bonds. The van der Waals surface area contributed by atoms with Gasteiger partial charge in [-0.1, -0.05) is 88.7 Å². The van der Waals surface area contributed by atoms with Crippen LogP contribution < -0.4 is 15.9 Å². The van der Waals surface area contributed by atoms with Crippen molar-refractivity contribution < 1.29 is 0 Å². The van der Waals surface area contributed by atoms with Crippen molar-refractivity contribution >= 4 is 39.8 Å². The molecule has 0 aliphatic carbocycles. The molecule has 21 heavy (non-hydrogen) atoms. The van der Waals surface area contributed by atoms with Crippen LogP contribution in [0.5, 0.6) is 0 Å². The third-order valence-corrected chi connectivity index (χ3v) is 6.72. The molecule has 0 fully saturated rings. The van der Waals surface area contributed by atoms with E-state index in [0.29, 0.717) is 0 Å². The van der Waals surface area contributed by atoms with Crippen LogP contribution >= 0.6 is 23.9 Å². The highest BCUT2D eigenvalue weighted by molar-refractivity contribution is 9.10. The molecule has 0 atom stereocenters. The fourth-order valence-electron chi connectivity index (χ4n) is 2.32. The minimum absolute atomic E-state index is 0.505. The van der Waals surface area contributed by atoms with Crippen LogP contribution in [0.3, 0.4) is 0 Å². The molecule has 0 bridgehead atoms. The highest BCUT2D eigenvalue weighted by Gasteiger charge is 2.16. The zero-order valence-electron chi connectivity index (χ0n) is 11.8. The molecule has 3 aromatic carbocycles. The lowest BCUT2D eigenvalue weighted by molar-refractivity contribution is 1.45. The number of aryl methyl sites for hydroxylation is 1. The van der Waals surface area contributed by atoms with Gasteiger partial charge in [-0.25, -0.2) is 0 Å². The van der Waals surface area contributed by atoms with Gasteiger partial charge in [0, 0.05) is 4.47 Å². The molecule has 0 aliphatic rings. The highest BCUT2D eigenvalue weighted by atomic mass is 79.9. The van der Waals surface area contributed by atoms with Gasteiger partial charge in [-0.15, -0.1) is 0 Å². The summed E-state index contributed by atoms with van der Waals surface area (Å²) in [6.45, 7) is 2.13. The predicted octanol–water partition coefficient (Wildman–Crippen LogP) is 4.52. The zero-order valence-corrected chi connectivity index (χ0v) is 14.3. The van der Waals surface area contributed by atoms with E-state index in [1.807, 2.05) is 0 Å². The Morgan fingerprint density at radius 1 is 0.667 bits per heavy atom. The first-order valence-electron chi connectivity index (χ1n) is 6.92. The molecule has 0 aliphatic heterocycles. The quantitative estimate of drug-likeness (QED) is 0.606. The molecule has 0 radical (unpaired) electrons. The van der Waals surface area contributed by atoms with Gasteiger partial charge in [-0.05, 0) is 42.4 Å². The maximum atomic E-state index is 3.67. The monoisotopic (exact) mass is 354 g/mol. The van der Waals surface area contributed by atoms with E-state index in [1.165, 1.54) is 25.9 Å². The third-order valence-electron chi connectivity index (χ3n) is 3.44. The second-order valence-electron chi connectivity index (χ2n) is 4.94. The van der Waals surface area contributed by atoms with Gasteiger partial charge in [-0.2, -0.15) is 0 Å². The fraction of sp³-hybridized carbons (Fsp3) is 0.0526. The standard InChI is InChI=1S/C19H16BrP/c1-15-12-13-18(14-19(15)20)21(16-8-4-2-5-9-16)17-10-6-3-7-11-17/h2-14H,1H3. The van der Waals surface area contributed by atoms with Crippen LogP contribution in [0, 0.1) is 6.92 Å². The second-order valence-corrected chi connectivity index (χ2v) is 8.01. The third kappa shape index (κ3) is 3.26. The number of hydrogen-bond donors (Lipinski definition) is 0. The zero-order chi connectivity index (χ0) is 14.7. The van der Waals surface area contributed by atoms with Crippen LogP contribution in [0.15, 0.2) is 83.3 Å². The van der Waals surface area contributed by atoms with Crippen molar-refractivity contribution in [1.29, 1.82) is 0 Å². The Morgan fingerprint density at radius 3 is 1.67 bits per heavy atom. The molecule has 0 unspecified atom stereocenters. The van der Waals surface area contributed by atoms with Crippen LogP contribution in [-0.2, 0) is 0 Å². The predicted molar refractivity (Wildman–Crippen MR) is 97.6 cm³/mol. The molecule has 0 spiro atoms. The number of benzene rings is 3. The number of halogens is 1. The van der Waals surface area contributed by atoms with Gasteiger partial charge in [0.1, 0.15) is 0 Å². The van der Waals surface area contributed by atoms with Crippen molar-refractivity contribution in [1.82, 2.24) is 0 Å². The van der Waals surface area contributed by atoms with Gasteiger partial charge in [-0.3, -0.25) is 0 Å². The molecule has 0 saturated heterocycles. The van der Waals surface area contributed by atoms with Gasteiger partial charge in [0.15, 0.2) is 0 Å². The molecule has 0 aromatic heterocycles. The van der Waals surface area contributed by atoms with Gasteiger partial charge in [0.05, 0.1) is 0 Å². The lowest BCUT2D eigenvalue weighted by atomic mass is 10.2. The molecule has 0 nitrogen and oxygen atoms in total. The molecular weight excluding hydrogens is 339 g/mol. The average molecular weight is 355 g/mol. The Balaban J connectivity index is 2.14. The van der Waals surface area contributed by atoms with E-state index >= 15 is 0 Å². The first kappa shape index (κ1) is 14.5. The first-order valence-corrected chi connectivity index (χ1v) is 9.05. The summed E-state index contributed by atoms with van der Waals surface area (Å²) in [6.07, 6.45) is 0. The van der Waals surface area contributed by atoms with Crippen LogP contribution in [0.4, 0.5) is 0 Å². The van der Waals surface area contributed by atoms with Gasteiger partial charge >= 0.3 is 0 Å². The average Bonchev–Trinajstić information content (AvgIpc) is 2.53. The summed E-state index contributed by atoms with van der Waals surface area (Å²) in [6, 6.07) is 28.3. The number of rotatable bonds is 3. The molecule has 0 heterocycles. The van der Waals surface area contributed by atoms with E-state index in [4.69, 9.17) is 0 Å². The minimum Gasteiger partial charge on any atom is -0.0622 e. The van der Waals surface area contributed by atoms with Crippen molar-refractivity contribution in [2.24, 2.45) is 0 Å². The van der Waals surface area contributed by atoms with Crippen molar-refractivity contribution in [3.63, 3.8) is 0 Å². The lowest BCUT2D eigenvalue weighted by Gasteiger charge is -2.20. The molecule has 104 valence electrons. The molecule has 0 saturated carbocycles. The molecule has 0 N–H and O–H groups in total. The summed E-state index contributed by atoms with van der Waals surface area (Å²) in [5.41, 5.74) is 1.27. The Kier molecular flexibility index (Phi) is 4.53. The lowest BCUT2D eigenvalue weighted by Crippen LogP contribution is -2.20. The normalized spacial score (nSPS) is 10.8. The van der Waals surface area contributed by atoms with Crippen LogP contribution in [0.2, 0.25) is 0 Å². The van der Waals surface area contributed by atoms with Crippen molar-refractivity contribution in [3.05, 3.63) is 88.9 Å². The second kappa shape index (κ2) is 6.56. The number of hydrogen-bond acceptors (Lipinski definition) is 0. The SMILES string of the molecule is Cc1ccc(P(c2ccccc2)c2ccccc2)cc1Br. The minimum atomic E-state index is -0.505. The van der Waals surface area contributed by atoms with E-state index in [9.17, 15) is 0 Å². The highest BCUT2D eigenvalue weighted by Crippen LogP contribution is 2.33. The van der Waals surface area contributed by atoms with Crippen LogP contribution in [-0.4, -0.2) is 0 Å². The largest absolute Gasteiger partial charge is 0.0622 e. The van der Waals surface area contributed by atoms with E-state index in [-0.39, 0.29) is 0 Å². The molecule has 3 rings (SSSR count). The molecule has 2 heteroatoms. The Morgan fingerprint density at radius 2 is 1.19 bits per heavy atom. The molecule has 3 aromatic rings. The van der Waals surface area contributed by atoms with Crippen molar-refractivity contribution in [2.75, 3.05) is 0 Å². The van der Waals surface area contributed by atoms with Crippen molar-refractivity contribution in [2.45, 2.75) is 6.92 Å². The Bertz CT molecular complexity index is 684. The van der Waals surface area contributed by atoms with Gasteiger partial charge in [0.2, 0.25) is 0 Å². The summed E-state index contributed by atoms with van der Waals surface area (Å²) in [5.74, 6) is 0. The van der Waals surface area contributed by atoms with E-state index in [1.54, 1.807) is 0 Å². The Labute approximate surface area is 135 Å². The smallest absolute Gasteiger partial charge is 0.0211 e. The topological polar surface area (TPSA) is 0 Å². The summed E-state index contributed by atoms with van der Waals surface area (Å²) in [5, 5.41) is 4.14. The Hall–Kier alpha value is -1.43. The van der Waals surface area contributed by atoms with Crippen LogP contribution in [0.25, 0.3) is 0 Å². The summed E-state index contributed by atoms with van der Waals surface area (Å²) >= 11 is 3.67.